The van der Waals surface area contributed by atoms with Crippen LogP contribution in [0.2, 0.25) is 0 Å². The summed E-state index contributed by atoms with van der Waals surface area (Å²) in [5.74, 6) is 0.0369. The molecule has 4 rings (SSSR count). The van der Waals surface area contributed by atoms with E-state index < -0.39 is 0 Å². The van der Waals surface area contributed by atoms with Gasteiger partial charge in [-0.3, -0.25) is 9.69 Å². The van der Waals surface area contributed by atoms with Crippen LogP contribution in [0.1, 0.15) is 25.8 Å². The molecule has 1 saturated heterocycles. The molecule has 5 heteroatoms. The Morgan fingerprint density at radius 3 is 2.54 bits per heavy atom. The molecular formula is C23H23N3OS. The Morgan fingerprint density at radius 2 is 1.79 bits per heavy atom. The summed E-state index contributed by atoms with van der Waals surface area (Å²) in [6, 6.07) is 18.1. The molecule has 1 fully saturated rings. The average molecular weight is 390 g/mol. The van der Waals surface area contributed by atoms with Gasteiger partial charge in [0.25, 0.3) is 5.91 Å². The third-order valence-corrected chi connectivity index (χ3v) is 5.77. The monoisotopic (exact) mass is 389 g/mol. The Balaban J connectivity index is 1.74. The zero-order valence-corrected chi connectivity index (χ0v) is 16.9. The molecular weight excluding hydrogens is 366 g/mol. The number of nitrogens with zero attached hydrogens (tertiary/aromatic N) is 3. The van der Waals surface area contributed by atoms with E-state index in [9.17, 15) is 4.79 Å². The fourth-order valence-electron chi connectivity index (χ4n) is 3.42. The molecule has 1 aromatic heterocycles. The molecule has 1 aliphatic heterocycles. The number of aliphatic imine (C=N–C) groups is 1. The van der Waals surface area contributed by atoms with Gasteiger partial charge in [0.2, 0.25) is 0 Å². The number of carbonyl (C=O) groups excluding carboxylic acids is 1. The first-order valence-electron chi connectivity index (χ1n) is 9.64. The summed E-state index contributed by atoms with van der Waals surface area (Å²) >= 11 is 1.46. The first kappa shape index (κ1) is 18.6. The molecule has 28 heavy (non-hydrogen) atoms. The van der Waals surface area contributed by atoms with E-state index in [0.29, 0.717) is 6.54 Å². The van der Waals surface area contributed by atoms with E-state index in [4.69, 9.17) is 4.99 Å². The summed E-state index contributed by atoms with van der Waals surface area (Å²) in [5, 5.41) is 1.92. The van der Waals surface area contributed by atoms with Crippen LogP contribution >= 0.6 is 11.8 Å². The van der Waals surface area contributed by atoms with Crippen molar-refractivity contribution >= 4 is 45.5 Å². The minimum absolute atomic E-state index is 0.0369. The first-order chi connectivity index (χ1) is 13.7. The molecule has 0 spiro atoms. The van der Waals surface area contributed by atoms with Crippen molar-refractivity contribution < 1.29 is 4.79 Å². The summed E-state index contributed by atoms with van der Waals surface area (Å²) in [4.78, 5) is 20.3. The highest BCUT2D eigenvalue weighted by Gasteiger charge is 2.33. The number of benzene rings is 2. The third kappa shape index (κ3) is 3.50. The summed E-state index contributed by atoms with van der Waals surface area (Å²) in [6.07, 6.45) is 5.03. The summed E-state index contributed by atoms with van der Waals surface area (Å²) in [7, 11) is 0. The van der Waals surface area contributed by atoms with Gasteiger partial charge in [0.05, 0.1) is 10.6 Å². The number of rotatable bonds is 5. The zero-order valence-electron chi connectivity index (χ0n) is 16.1. The second kappa shape index (κ2) is 8.07. The first-order valence-corrected chi connectivity index (χ1v) is 10.5. The fraction of sp³-hybridized carbons (Fsp3) is 0.217. The predicted molar refractivity (Wildman–Crippen MR) is 119 cm³/mol. The maximum atomic E-state index is 13.1. The molecule has 1 aliphatic rings. The highest BCUT2D eigenvalue weighted by Crippen LogP contribution is 2.35. The van der Waals surface area contributed by atoms with Crippen molar-refractivity contribution in [2.75, 3.05) is 6.54 Å². The number of fused-ring (bicyclic) bond motifs is 1. The number of carbonyl (C=O) groups is 1. The highest BCUT2D eigenvalue weighted by molar-refractivity contribution is 8.18. The number of amides is 1. The molecule has 4 nitrogen and oxygen atoms in total. The summed E-state index contributed by atoms with van der Waals surface area (Å²) in [5.41, 5.74) is 3.13. The van der Waals surface area contributed by atoms with Gasteiger partial charge in [0.15, 0.2) is 5.17 Å². The van der Waals surface area contributed by atoms with Gasteiger partial charge in [-0.2, -0.15) is 0 Å². The van der Waals surface area contributed by atoms with Crippen molar-refractivity contribution in [1.29, 1.82) is 0 Å². The lowest BCUT2D eigenvalue weighted by molar-refractivity contribution is -0.122. The van der Waals surface area contributed by atoms with Crippen molar-refractivity contribution in [3.8, 4) is 0 Å². The van der Waals surface area contributed by atoms with Crippen LogP contribution in [0.3, 0.4) is 0 Å². The molecule has 2 heterocycles. The summed E-state index contributed by atoms with van der Waals surface area (Å²) in [6.45, 7) is 5.78. The highest BCUT2D eigenvalue weighted by atomic mass is 32.2. The van der Waals surface area contributed by atoms with Crippen LogP contribution in [-0.4, -0.2) is 27.1 Å². The smallest absolute Gasteiger partial charge is 0.266 e. The Labute approximate surface area is 169 Å². The maximum absolute atomic E-state index is 13.1. The van der Waals surface area contributed by atoms with Gasteiger partial charge < -0.3 is 4.57 Å². The average Bonchev–Trinajstić information content (AvgIpc) is 3.22. The number of hydrogen-bond acceptors (Lipinski definition) is 3. The molecule has 0 radical (unpaired) electrons. The molecule has 3 aromatic rings. The van der Waals surface area contributed by atoms with Crippen LogP contribution < -0.4 is 0 Å². The normalized spacial score (nSPS) is 17.4. The van der Waals surface area contributed by atoms with E-state index >= 15 is 0 Å². The SMILES string of the molecule is CCCN1C(=O)/C(=C\c2cn(CC)c3ccccc23)SC1=Nc1ccccc1. The Kier molecular flexibility index (Phi) is 5.35. The number of amidine groups is 1. The van der Waals surface area contributed by atoms with Gasteiger partial charge in [-0.15, -0.1) is 0 Å². The maximum Gasteiger partial charge on any atom is 0.266 e. The van der Waals surface area contributed by atoms with Crippen molar-refractivity contribution in [2.24, 2.45) is 4.99 Å². The van der Waals surface area contributed by atoms with Crippen LogP contribution in [0, 0.1) is 0 Å². The number of aromatic nitrogens is 1. The Hall–Kier alpha value is -2.79. The van der Waals surface area contributed by atoms with Gasteiger partial charge in [0, 0.05) is 35.8 Å². The van der Waals surface area contributed by atoms with Gasteiger partial charge in [0.1, 0.15) is 0 Å². The zero-order chi connectivity index (χ0) is 19.5. The predicted octanol–water partition coefficient (Wildman–Crippen LogP) is 5.68. The minimum atomic E-state index is 0.0369. The number of hydrogen-bond donors (Lipinski definition) is 0. The molecule has 142 valence electrons. The van der Waals surface area contributed by atoms with Crippen molar-refractivity contribution in [3.05, 3.63) is 71.3 Å². The lowest BCUT2D eigenvalue weighted by Crippen LogP contribution is -2.29. The second-order valence-electron chi connectivity index (χ2n) is 6.68. The van der Waals surface area contributed by atoms with E-state index in [1.165, 1.54) is 22.7 Å². The molecule has 0 unspecified atom stereocenters. The lowest BCUT2D eigenvalue weighted by Gasteiger charge is -2.13. The molecule has 1 amide bonds. The minimum Gasteiger partial charge on any atom is -0.347 e. The molecule has 0 bridgehead atoms. The van der Waals surface area contributed by atoms with Gasteiger partial charge >= 0.3 is 0 Å². The number of thioether (sulfide) groups is 1. The molecule has 0 saturated carbocycles. The largest absolute Gasteiger partial charge is 0.347 e. The number of aryl methyl sites for hydroxylation is 1. The molecule has 2 aromatic carbocycles. The van der Waals surface area contributed by atoms with Crippen molar-refractivity contribution in [3.63, 3.8) is 0 Å². The van der Waals surface area contributed by atoms with Crippen molar-refractivity contribution in [2.45, 2.75) is 26.8 Å². The van der Waals surface area contributed by atoms with E-state index in [1.807, 2.05) is 42.5 Å². The van der Waals surface area contributed by atoms with Gasteiger partial charge in [-0.05, 0) is 49.4 Å². The van der Waals surface area contributed by atoms with E-state index in [2.05, 4.69) is 42.8 Å². The lowest BCUT2D eigenvalue weighted by atomic mass is 10.1. The van der Waals surface area contributed by atoms with E-state index in [-0.39, 0.29) is 5.91 Å². The molecule has 0 atom stereocenters. The van der Waals surface area contributed by atoms with Gasteiger partial charge in [-0.25, -0.2) is 4.99 Å². The quantitative estimate of drug-likeness (QED) is 0.527. The van der Waals surface area contributed by atoms with Crippen molar-refractivity contribution in [1.82, 2.24) is 9.47 Å². The van der Waals surface area contributed by atoms with Crippen LogP contribution in [0.4, 0.5) is 5.69 Å². The second-order valence-corrected chi connectivity index (χ2v) is 7.69. The topological polar surface area (TPSA) is 37.6 Å². The van der Waals surface area contributed by atoms with E-state index in [0.717, 1.165) is 34.3 Å². The summed E-state index contributed by atoms with van der Waals surface area (Å²) < 4.78 is 2.22. The Bertz CT molecular complexity index is 1070. The van der Waals surface area contributed by atoms with Gasteiger partial charge in [-0.1, -0.05) is 43.3 Å². The standard InChI is InChI=1S/C23H23N3OS/c1-3-14-26-22(27)21(28-23(26)24-18-10-6-5-7-11-18)15-17-16-25(4-2)20-13-9-8-12-19(17)20/h5-13,15-16H,3-4,14H2,1-2H3/b21-15+,24-23?. The third-order valence-electron chi connectivity index (χ3n) is 4.76. The van der Waals surface area contributed by atoms with Crippen LogP contribution in [-0.2, 0) is 11.3 Å². The molecule has 0 aliphatic carbocycles. The number of para-hydroxylation sites is 2. The fourth-order valence-corrected chi connectivity index (χ4v) is 4.43. The van der Waals surface area contributed by atoms with Crippen LogP contribution in [0.15, 0.2) is 70.7 Å². The Morgan fingerprint density at radius 1 is 1.04 bits per heavy atom. The van der Waals surface area contributed by atoms with E-state index in [1.54, 1.807) is 4.90 Å². The van der Waals surface area contributed by atoms with Crippen LogP contribution in [0.5, 0.6) is 0 Å². The van der Waals surface area contributed by atoms with Crippen LogP contribution in [0.25, 0.3) is 17.0 Å². The molecule has 0 N–H and O–H groups in total.